The number of piperidine rings is 1. The molecule has 3 heterocycles. The lowest BCUT2D eigenvalue weighted by atomic mass is 9.92. The van der Waals surface area contributed by atoms with Crippen molar-refractivity contribution in [1.82, 2.24) is 9.88 Å². The highest BCUT2D eigenvalue weighted by Crippen LogP contribution is 2.27. The summed E-state index contributed by atoms with van der Waals surface area (Å²) in [5.41, 5.74) is 1.31. The van der Waals surface area contributed by atoms with Crippen LogP contribution in [0.1, 0.15) is 25.0 Å². The standard InChI is InChI=1S/C16H24FN3O/c1-13-3-4-15(9-18-13)20-7-2-6-16(21,12-20)11-19-8-5-14(17)10-19/h3-4,9,14,21H,2,5-8,10-12H2,1H3. The molecule has 0 spiro atoms. The number of aliphatic hydroxyl groups is 1. The van der Waals surface area contributed by atoms with Crippen molar-refractivity contribution in [3.8, 4) is 0 Å². The van der Waals surface area contributed by atoms with Gasteiger partial charge in [-0.2, -0.15) is 0 Å². The first-order chi connectivity index (χ1) is 10.0. The fraction of sp³-hybridized carbons (Fsp3) is 0.688. The van der Waals surface area contributed by atoms with Gasteiger partial charge in [0.25, 0.3) is 0 Å². The molecular weight excluding hydrogens is 269 g/mol. The summed E-state index contributed by atoms with van der Waals surface area (Å²) in [5, 5.41) is 10.9. The molecule has 2 atom stereocenters. The number of aryl methyl sites for hydroxylation is 1. The summed E-state index contributed by atoms with van der Waals surface area (Å²) in [7, 11) is 0. The Kier molecular flexibility index (Phi) is 4.13. The van der Waals surface area contributed by atoms with Crippen molar-refractivity contribution in [3.05, 3.63) is 24.0 Å². The highest BCUT2D eigenvalue weighted by Gasteiger charge is 2.37. The van der Waals surface area contributed by atoms with Crippen molar-refractivity contribution in [2.24, 2.45) is 0 Å². The summed E-state index contributed by atoms with van der Waals surface area (Å²) < 4.78 is 13.3. The largest absolute Gasteiger partial charge is 0.387 e. The average molecular weight is 293 g/mol. The Morgan fingerprint density at radius 1 is 1.43 bits per heavy atom. The third-order valence-corrected chi connectivity index (χ3v) is 4.55. The SMILES string of the molecule is Cc1ccc(N2CCCC(O)(CN3CCC(F)C3)C2)cn1. The number of halogens is 1. The summed E-state index contributed by atoms with van der Waals surface area (Å²) >= 11 is 0. The zero-order valence-corrected chi connectivity index (χ0v) is 12.6. The number of rotatable bonds is 3. The number of hydrogen-bond donors (Lipinski definition) is 1. The maximum absolute atomic E-state index is 13.3. The maximum Gasteiger partial charge on any atom is 0.114 e. The van der Waals surface area contributed by atoms with Gasteiger partial charge >= 0.3 is 0 Å². The number of β-amino-alcohol motifs (C(OH)–C–C–N with tert-alkyl or cyclic N) is 1. The molecule has 0 saturated carbocycles. The molecule has 0 bridgehead atoms. The Hall–Kier alpha value is -1.20. The van der Waals surface area contributed by atoms with Gasteiger partial charge < -0.3 is 10.0 Å². The van der Waals surface area contributed by atoms with Gasteiger partial charge in [0, 0.05) is 38.4 Å². The minimum Gasteiger partial charge on any atom is -0.387 e. The summed E-state index contributed by atoms with van der Waals surface area (Å²) in [6, 6.07) is 4.05. The minimum absolute atomic E-state index is 0.467. The van der Waals surface area contributed by atoms with Crippen molar-refractivity contribution in [1.29, 1.82) is 0 Å². The van der Waals surface area contributed by atoms with Crippen LogP contribution in [0.15, 0.2) is 18.3 Å². The molecule has 0 amide bonds. The molecule has 4 nitrogen and oxygen atoms in total. The third kappa shape index (κ3) is 3.52. The van der Waals surface area contributed by atoms with Crippen LogP contribution in [-0.4, -0.2) is 59.5 Å². The van der Waals surface area contributed by atoms with Gasteiger partial charge in [0.1, 0.15) is 6.17 Å². The molecule has 2 saturated heterocycles. The number of aromatic nitrogens is 1. The van der Waals surface area contributed by atoms with E-state index in [0.717, 1.165) is 37.3 Å². The van der Waals surface area contributed by atoms with E-state index in [4.69, 9.17) is 0 Å². The quantitative estimate of drug-likeness (QED) is 0.922. The summed E-state index contributed by atoms with van der Waals surface area (Å²) in [6.45, 7) is 5.31. The van der Waals surface area contributed by atoms with Gasteiger partial charge in [0.05, 0.1) is 17.5 Å². The van der Waals surface area contributed by atoms with Crippen molar-refractivity contribution in [2.75, 3.05) is 37.6 Å². The van der Waals surface area contributed by atoms with E-state index >= 15 is 0 Å². The number of alkyl halides is 1. The van der Waals surface area contributed by atoms with E-state index in [1.54, 1.807) is 0 Å². The van der Waals surface area contributed by atoms with Crippen LogP contribution in [0, 0.1) is 6.92 Å². The topological polar surface area (TPSA) is 39.6 Å². The van der Waals surface area contributed by atoms with Gasteiger partial charge in [-0.3, -0.25) is 9.88 Å². The van der Waals surface area contributed by atoms with Gasteiger partial charge in [0.15, 0.2) is 0 Å². The first-order valence-electron chi connectivity index (χ1n) is 7.80. The van der Waals surface area contributed by atoms with E-state index in [-0.39, 0.29) is 0 Å². The van der Waals surface area contributed by atoms with Gasteiger partial charge in [-0.05, 0) is 38.3 Å². The van der Waals surface area contributed by atoms with Crippen LogP contribution in [0.2, 0.25) is 0 Å². The molecule has 1 aromatic rings. The van der Waals surface area contributed by atoms with E-state index in [1.165, 1.54) is 0 Å². The van der Waals surface area contributed by atoms with Crippen molar-refractivity contribution >= 4 is 5.69 Å². The van der Waals surface area contributed by atoms with E-state index in [9.17, 15) is 9.50 Å². The molecule has 21 heavy (non-hydrogen) atoms. The summed E-state index contributed by atoms with van der Waals surface area (Å²) in [6.07, 6.45) is 3.48. The highest BCUT2D eigenvalue weighted by atomic mass is 19.1. The molecule has 2 unspecified atom stereocenters. The Bertz CT molecular complexity index is 481. The van der Waals surface area contributed by atoms with Crippen LogP contribution in [0.4, 0.5) is 10.1 Å². The minimum atomic E-state index is -0.743. The molecule has 2 aliphatic rings. The first kappa shape index (κ1) is 14.7. The molecule has 116 valence electrons. The molecule has 3 rings (SSSR count). The fourth-order valence-corrected chi connectivity index (χ4v) is 3.45. The molecule has 5 heteroatoms. The second-order valence-corrected chi connectivity index (χ2v) is 6.53. The second kappa shape index (κ2) is 5.89. The van der Waals surface area contributed by atoms with E-state index in [1.807, 2.05) is 19.2 Å². The predicted octanol–water partition coefficient (Wildman–Crippen LogP) is 1.77. The highest BCUT2D eigenvalue weighted by molar-refractivity contribution is 5.45. The number of pyridine rings is 1. The molecule has 2 aliphatic heterocycles. The summed E-state index contributed by atoms with van der Waals surface area (Å²) in [5.74, 6) is 0. The Morgan fingerprint density at radius 3 is 2.95 bits per heavy atom. The Labute approximate surface area is 125 Å². The van der Waals surface area contributed by atoms with Crippen molar-refractivity contribution < 1.29 is 9.50 Å². The number of nitrogens with zero attached hydrogens (tertiary/aromatic N) is 3. The lowest BCUT2D eigenvalue weighted by Crippen LogP contribution is -2.54. The van der Waals surface area contributed by atoms with Crippen LogP contribution in [0.3, 0.4) is 0 Å². The van der Waals surface area contributed by atoms with Gasteiger partial charge in [-0.15, -0.1) is 0 Å². The molecule has 0 aromatic carbocycles. The Morgan fingerprint density at radius 2 is 2.29 bits per heavy atom. The van der Waals surface area contributed by atoms with Crippen LogP contribution in [0.25, 0.3) is 0 Å². The third-order valence-electron chi connectivity index (χ3n) is 4.55. The molecule has 1 aromatic heterocycles. The monoisotopic (exact) mass is 293 g/mol. The van der Waals surface area contributed by atoms with E-state index in [2.05, 4.69) is 20.9 Å². The lowest BCUT2D eigenvalue weighted by molar-refractivity contribution is -0.00332. The number of anilines is 1. The first-order valence-corrected chi connectivity index (χ1v) is 7.80. The van der Waals surface area contributed by atoms with Gasteiger partial charge in [-0.25, -0.2) is 4.39 Å². The molecule has 1 N–H and O–H groups in total. The fourth-order valence-electron chi connectivity index (χ4n) is 3.45. The van der Waals surface area contributed by atoms with Crippen LogP contribution in [0.5, 0.6) is 0 Å². The summed E-state index contributed by atoms with van der Waals surface area (Å²) in [4.78, 5) is 8.58. The van der Waals surface area contributed by atoms with Gasteiger partial charge in [-0.1, -0.05) is 0 Å². The number of likely N-dealkylation sites (tertiary alicyclic amines) is 1. The van der Waals surface area contributed by atoms with Crippen molar-refractivity contribution in [3.63, 3.8) is 0 Å². The average Bonchev–Trinajstić information content (AvgIpc) is 2.84. The predicted molar refractivity (Wildman–Crippen MR) is 81.3 cm³/mol. The van der Waals surface area contributed by atoms with Crippen LogP contribution in [-0.2, 0) is 0 Å². The zero-order valence-electron chi connectivity index (χ0n) is 12.6. The molecule has 2 fully saturated rings. The van der Waals surface area contributed by atoms with E-state index in [0.29, 0.717) is 26.1 Å². The molecule has 0 aliphatic carbocycles. The Balaban J connectivity index is 1.65. The van der Waals surface area contributed by atoms with Crippen LogP contribution < -0.4 is 4.90 Å². The second-order valence-electron chi connectivity index (χ2n) is 6.53. The lowest BCUT2D eigenvalue weighted by Gasteiger charge is -2.42. The smallest absolute Gasteiger partial charge is 0.114 e. The zero-order chi connectivity index (χ0) is 14.9. The van der Waals surface area contributed by atoms with Crippen molar-refractivity contribution in [2.45, 2.75) is 38.0 Å². The maximum atomic E-state index is 13.3. The van der Waals surface area contributed by atoms with Gasteiger partial charge in [0.2, 0.25) is 0 Å². The number of hydrogen-bond acceptors (Lipinski definition) is 4. The van der Waals surface area contributed by atoms with E-state index < -0.39 is 11.8 Å². The molecular formula is C16H24FN3O. The van der Waals surface area contributed by atoms with Crippen LogP contribution >= 0.6 is 0 Å². The normalized spacial score (nSPS) is 30.8. The molecule has 0 radical (unpaired) electrons.